The number of hydrogen-bond donors (Lipinski definition) is 9. The van der Waals surface area contributed by atoms with E-state index >= 15 is 0 Å². The minimum atomic E-state index is -1.12. The van der Waals surface area contributed by atoms with Crippen molar-refractivity contribution in [3.63, 3.8) is 0 Å². The summed E-state index contributed by atoms with van der Waals surface area (Å²) in [4.78, 5) is 16.0. The fourth-order valence-electron chi connectivity index (χ4n) is 11.0. The number of aliphatic hydroxyl groups is 3. The summed E-state index contributed by atoms with van der Waals surface area (Å²) in [6.45, 7) is 2.89. The van der Waals surface area contributed by atoms with E-state index in [2.05, 4.69) is 41.5 Å². The highest BCUT2D eigenvalue weighted by atomic mass is 16.4. The maximum absolute atomic E-state index is 12.7. The van der Waals surface area contributed by atoms with Crippen molar-refractivity contribution in [3.05, 3.63) is 71.7 Å². The van der Waals surface area contributed by atoms with Gasteiger partial charge in [0.2, 0.25) is 0 Å². The number of rotatable bonds is 20. The van der Waals surface area contributed by atoms with E-state index in [1.165, 1.54) is 30.9 Å². The van der Waals surface area contributed by atoms with Gasteiger partial charge in [0.15, 0.2) is 0 Å². The van der Waals surface area contributed by atoms with Crippen LogP contribution in [0.5, 0.6) is 11.5 Å². The summed E-state index contributed by atoms with van der Waals surface area (Å²) < 4.78 is 0. The minimum absolute atomic E-state index is 0.0288. The number of phenolic OH excluding ortho intramolecular Hbond substituents is 2. The van der Waals surface area contributed by atoms with E-state index in [0.29, 0.717) is 56.0 Å². The van der Waals surface area contributed by atoms with Gasteiger partial charge in [0.25, 0.3) is 0 Å². The second-order valence-electron chi connectivity index (χ2n) is 18.1. The molecule has 10 N–H and O–H groups in total. The molecule has 314 valence electrons. The number of dihydropyridines is 1. The van der Waals surface area contributed by atoms with Gasteiger partial charge >= 0.3 is 5.97 Å². The molecule has 0 bridgehead atoms. The predicted molar refractivity (Wildman–Crippen MR) is 224 cm³/mol. The first kappa shape index (κ1) is 42.9. The number of nitrogens with two attached hydrogens (primary N) is 1. The summed E-state index contributed by atoms with van der Waals surface area (Å²) in [5.41, 5.74) is 8.65. The van der Waals surface area contributed by atoms with Gasteiger partial charge in [-0.3, -0.25) is 4.79 Å². The molecule has 2 fully saturated rings. The second kappa shape index (κ2) is 19.3. The van der Waals surface area contributed by atoms with E-state index in [4.69, 9.17) is 5.73 Å². The van der Waals surface area contributed by atoms with Crippen LogP contribution in [0, 0.1) is 35.0 Å². The number of carboxylic acid groups (broad SMARTS) is 1. The summed E-state index contributed by atoms with van der Waals surface area (Å²) >= 11 is 0. The Morgan fingerprint density at radius 3 is 2.42 bits per heavy atom. The fourth-order valence-corrected chi connectivity index (χ4v) is 11.0. The summed E-state index contributed by atoms with van der Waals surface area (Å²) in [6, 6.07) is 8.38. The number of benzene rings is 1. The zero-order valence-electron chi connectivity index (χ0n) is 34.0. The van der Waals surface area contributed by atoms with Crippen LogP contribution in [0.1, 0.15) is 128 Å². The normalized spacial score (nSPS) is 28.1. The zero-order chi connectivity index (χ0) is 40.6. The topological polar surface area (TPSA) is 192 Å². The zero-order valence-corrected chi connectivity index (χ0v) is 34.0. The summed E-state index contributed by atoms with van der Waals surface area (Å²) in [5, 5.41) is 68.5. The molecule has 10 heteroatoms. The van der Waals surface area contributed by atoms with Crippen molar-refractivity contribution in [2.24, 2.45) is 40.7 Å². The first-order valence-corrected chi connectivity index (χ1v) is 22.0. The molecule has 57 heavy (non-hydrogen) atoms. The monoisotopic (exact) mass is 788 g/mol. The van der Waals surface area contributed by atoms with Crippen molar-refractivity contribution in [1.82, 2.24) is 10.3 Å². The Labute approximate surface area is 339 Å². The predicted octanol–water partition coefficient (Wildman–Crippen LogP) is 8.21. The molecule has 0 spiro atoms. The first-order chi connectivity index (χ1) is 27.4. The summed E-state index contributed by atoms with van der Waals surface area (Å²) in [5.74, 6) is -0.638. The molecular formula is C47H69N3O7. The highest BCUT2D eigenvalue weighted by molar-refractivity contribution is 5.70. The molecular weight excluding hydrogens is 719 g/mol. The molecule has 1 aliphatic heterocycles. The molecule has 0 radical (unpaired) electrons. The number of aromatic amines is 1. The third kappa shape index (κ3) is 10.7. The minimum Gasteiger partial charge on any atom is -0.508 e. The van der Waals surface area contributed by atoms with Crippen LogP contribution in [0.3, 0.4) is 0 Å². The number of aromatic nitrogens is 1. The lowest BCUT2D eigenvalue weighted by atomic mass is 9.66. The van der Waals surface area contributed by atoms with Crippen molar-refractivity contribution in [3.8, 4) is 22.8 Å². The molecule has 4 aliphatic rings. The van der Waals surface area contributed by atoms with E-state index in [1.54, 1.807) is 12.1 Å². The van der Waals surface area contributed by atoms with E-state index in [1.807, 2.05) is 12.1 Å². The third-order valence-corrected chi connectivity index (χ3v) is 14.2. The number of hydrogen-bond acceptors (Lipinski definition) is 8. The van der Waals surface area contributed by atoms with Gasteiger partial charge in [0, 0.05) is 35.5 Å². The van der Waals surface area contributed by atoms with Gasteiger partial charge in [-0.2, -0.15) is 0 Å². The van der Waals surface area contributed by atoms with Gasteiger partial charge in [-0.15, -0.1) is 0 Å². The van der Waals surface area contributed by atoms with Crippen LogP contribution in [0.4, 0.5) is 0 Å². The number of carbonyl (C=O) groups is 1. The quantitative estimate of drug-likeness (QED) is 0.0470. The van der Waals surface area contributed by atoms with Gasteiger partial charge in [0.05, 0.1) is 29.5 Å². The molecule has 1 aromatic carbocycles. The molecule has 2 aromatic rings. The molecule has 1 aromatic heterocycles. The Bertz CT molecular complexity index is 1710. The maximum Gasteiger partial charge on any atom is 0.309 e. The average molecular weight is 788 g/mol. The SMILES string of the molecule is CCCCCC1C=CC(CCCCCC(C(=O)O)C(O)CCC2(O)CC(C3(C4=CCNC(N)=C4)CCCC3)CC2Cc2ccc(-c3cc(O)cc(O)c3)[nH]2)C(O)C1. The molecule has 8 unspecified atom stereocenters. The van der Waals surface area contributed by atoms with Crippen LogP contribution in [-0.2, 0) is 11.2 Å². The van der Waals surface area contributed by atoms with Gasteiger partial charge in [-0.25, -0.2) is 0 Å². The molecule has 6 rings (SSSR count). The number of aromatic hydroxyl groups is 2. The van der Waals surface area contributed by atoms with Crippen LogP contribution >= 0.6 is 0 Å². The lowest BCUT2D eigenvalue weighted by Crippen LogP contribution is -2.38. The van der Waals surface area contributed by atoms with Gasteiger partial charge < -0.3 is 46.7 Å². The van der Waals surface area contributed by atoms with Gasteiger partial charge in [0.1, 0.15) is 11.5 Å². The Balaban J connectivity index is 1.10. The lowest BCUT2D eigenvalue weighted by Gasteiger charge is -2.39. The van der Waals surface area contributed by atoms with Crippen molar-refractivity contribution in [2.45, 2.75) is 147 Å². The Morgan fingerprint density at radius 1 is 0.965 bits per heavy atom. The lowest BCUT2D eigenvalue weighted by molar-refractivity contribution is -0.146. The van der Waals surface area contributed by atoms with Crippen molar-refractivity contribution in [2.75, 3.05) is 6.54 Å². The summed E-state index contributed by atoms with van der Waals surface area (Å²) in [7, 11) is 0. The van der Waals surface area contributed by atoms with Gasteiger partial charge in [-0.1, -0.05) is 76.5 Å². The van der Waals surface area contributed by atoms with Crippen LogP contribution < -0.4 is 11.1 Å². The molecule has 3 aliphatic carbocycles. The Kier molecular flexibility index (Phi) is 14.5. The molecule has 2 saturated carbocycles. The highest BCUT2D eigenvalue weighted by Gasteiger charge is 2.54. The number of H-pyrrole nitrogens is 1. The van der Waals surface area contributed by atoms with E-state index in [-0.39, 0.29) is 47.2 Å². The number of allylic oxidation sites excluding steroid dienone is 3. The number of unbranched alkanes of at least 4 members (excludes halogenated alkanes) is 4. The fraction of sp³-hybridized carbons (Fsp3) is 0.638. The molecule has 0 amide bonds. The number of nitrogens with one attached hydrogen (secondary N) is 2. The van der Waals surface area contributed by atoms with E-state index in [0.717, 1.165) is 75.6 Å². The van der Waals surface area contributed by atoms with Crippen molar-refractivity contribution in [1.29, 1.82) is 0 Å². The molecule has 10 nitrogen and oxygen atoms in total. The Morgan fingerprint density at radius 2 is 1.72 bits per heavy atom. The molecule has 8 atom stereocenters. The Hall–Kier alpha value is -3.73. The van der Waals surface area contributed by atoms with Crippen LogP contribution in [0.15, 0.2) is 66.0 Å². The second-order valence-corrected chi connectivity index (χ2v) is 18.1. The van der Waals surface area contributed by atoms with Crippen LogP contribution in [0.2, 0.25) is 0 Å². The van der Waals surface area contributed by atoms with E-state index < -0.39 is 23.6 Å². The van der Waals surface area contributed by atoms with Crippen molar-refractivity contribution >= 4 is 5.97 Å². The average Bonchev–Trinajstić information content (AvgIpc) is 3.93. The number of carboxylic acids is 1. The first-order valence-electron chi connectivity index (χ1n) is 22.0. The number of aliphatic carboxylic acids is 1. The van der Waals surface area contributed by atoms with Crippen LogP contribution in [0.25, 0.3) is 11.3 Å². The number of aliphatic hydroxyl groups excluding tert-OH is 2. The number of phenols is 2. The molecule has 0 saturated heterocycles. The smallest absolute Gasteiger partial charge is 0.309 e. The van der Waals surface area contributed by atoms with E-state index in [9.17, 15) is 35.4 Å². The van der Waals surface area contributed by atoms with Gasteiger partial charge in [-0.05, 0) is 130 Å². The maximum atomic E-state index is 12.7. The summed E-state index contributed by atoms with van der Waals surface area (Å²) in [6.07, 6.45) is 23.4. The van der Waals surface area contributed by atoms with Crippen molar-refractivity contribution < 1.29 is 35.4 Å². The van der Waals surface area contributed by atoms with Crippen LogP contribution in [-0.4, -0.2) is 65.9 Å². The molecule has 2 heterocycles. The standard InChI is InChI=1S/C47H69N3O7/c1-2-3-5-10-31-13-14-32(43(54)23-31)11-6-4-7-12-40(45(55)56)42(53)17-21-47(57)30-36(46(19-8-9-20-46)34-18-22-49-44(48)28-34)26-35(47)27-37-15-16-41(50-37)33-24-38(51)29-39(52)25-33/h13-16,18,24-25,28-29,31-32,35-36,40,42-43,49-54,57H,2-12,17,19-23,26-27,30,48H2,1H3,(H,55,56). The largest absolute Gasteiger partial charge is 0.508 e. The highest BCUT2D eigenvalue weighted by Crippen LogP contribution is 2.60. The third-order valence-electron chi connectivity index (χ3n) is 14.2.